The zero-order valence-corrected chi connectivity index (χ0v) is 17.4. The van der Waals surface area contributed by atoms with E-state index in [1.807, 2.05) is 0 Å². The van der Waals surface area contributed by atoms with Crippen molar-refractivity contribution in [2.75, 3.05) is 7.11 Å². The van der Waals surface area contributed by atoms with E-state index >= 15 is 0 Å². The lowest BCUT2D eigenvalue weighted by Crippen LogP contribution is -2.09. The van der Waals surface area contributed by atoms with Crippen LogP contribution < -0.4 is 8.92 Å². The van der Waals surface area contributed by atoms with E-state index in [1.165, 1.54) is 31.4 Å². The average Bonchev–Trinajstić information content (AvgIpc) is 3.08. The number of hydrogen-bond donors (Lipinski definition) is 0. The van der Waals surface area contributed by atoms with Crippen LogP contribution in [-0.4, -0.2) is 27.3 Å². The van der Waals surface area contributed by atoms with Gasteiger partial charge in [-0.15, -0.1) is 0 Å². The van der Waals surface area contributed by atoms with E-state index in [0.29, 0.717) is 11.1 Å². The first-order valence-corrected chi connectivity index (χ1v) is 10.6. The molecule has 0 N–H and O–H groups in total. The topological polar surface area (TPSA) is 96.0 Å². The van der Waals surface area contributed by atoms with Crippen molar-refractivity contribution in [1.82, 2.24) is 0 Å². The summed E-state index contributed by atoms with van der Waals surface area (Å²) in [5.41, 5.74) is 1.22. The summed E-state index contributed by atoms with van der Waals surface area (Å²) < 4.78 is 53.1. The van der Waals surface area contributed by atoms with Gasteiger partial charge in [0.1, 0.15) is 22.2 Å². The number of carbonyl (C=O) groups excluding carboxylic acids is 2. The molecule has 0 aliphatic carbocycles. The Kier molecular flexibility index (Phi) is 5.50. The maximum Gasteiger partial charge on any atom is 0.339 e. The number of rotatable bonds is 5. The van der Waals surface area contributed by atoms with Crippen LogP contribution in [-0.2, 0) is 14.9 Å². The number of halogens is 1. The second-order valence-electron chi connectivity index (χ2n) is 6.70. The summed E-state index contributed by atoms with van der Waals surface area (Å²) in [5, 5.41) is 0. The number of hydrogen-bond acceptors (Lipinski definition) is 7. The standard InChI is InChI=1S/C23H15FO7S/c1-29-23(26)15-4-2-14(3-5-15)12-21-22(25)19-11-8-17(13-20(19)30-21)31-32(27,28)18-9-6-16(24)7-10-18/h2-13H,1H3/b21-12-. The monoisotopic (exact) mass is 454 g/mol. The number of ketones is 1. The summed E-state index contributed by atoms with van der Waals surface area (Å²) in [4.78, 5) is 23.9. The molecular weight excluding hydrogens is 439 g/mol. The Morgan fingerprint density at radius 3 is 2.34 bits per heavy atom. The van der Waals surface area contributed by atoms with Crippen molar-refractivity contribution in [1.29, 1.82) is 0 Å². The number of Topliss-reactive ketones (excluding diaryl/α,β-unsaturated/α-hetero) is 1. The van der Waals surface area contributed by atoms with Crippen LogP contribution in [0.2, 0.25) is 0 Å². The normalized spacial score (nSPS) is 14.1. The molecule has 0 radical (unpaired) electrons. The van der Waals surface area contributed by atoms with E-state index in [1.54, 1.807) is 24.3 Å². The highest BCUT2D eigenvalue weighted by Gasteiger charge is 2.28. The van der Waals surface area contributed by atoms with E-state index in [9.17, 15) is 22.4 Å². The van der Waals surface area contributed by atoms with Gasteiger partial charge < -0.3 is 13.7 Å². The molecule has 9 heteroatoms. The molecule has 3 aromatic rings. The average molecular weight is 454 g/mol. The van der Waals surface area contributed by atoms with Crippen LogP contribution in [0.25, 0.3) is 6.08 Å². The Morgan fingerprint density at radius 2 is 1.69 bits per heavy atom. The van der Waals surface area contributed by atoms with Gasteiger partial charge in [0.15, 0.2) is 5.76 Å². The molecule has 0 amide bonds. The SMILES string of the molecule is COC(=O)c1ccc(/C=C2\Oc3cc(OS(=O)(=O)c4ccc(F)cc4)ccc3C2=O)cc1. The number of ether oxygens (including phenoxy) is 2. The lowest BCUT2D eigenvalue weighted by Gasteiger charge is -2.08. The smallest absolute Gasteiger partial charge is 0.339 e. The number of benzene rings is 3. The molecule has 0 aromatic heterocycles. The summed E-state index contributed by atoms with van der Waals surface area (Å²) in [6.07, 6.45) is 1.50. The third-order valence-corrected chi connectivity index (χ3v) is 5.84. The molecular formula is C23H15FO7S. The van der Waals surface area contributed by atoms with Gasteiger partial charge in [-0.1, -0.05) is 12.1 Å². The highest BCUT2D eigenvalue weighted by Crippen LogP contribution is 2.35. The predicted molar refractivity (Wildman–Crippen MR) is 111 cm³/mol. The van der Waals surface area contributed by atoms with Gasteiger partial charge in [0, 0.05) is 6.07 Å². The number of methoxy groups -OCH3 is 1. The van der Waals surface area contributed by atoms with E-state index < -0.39 is 21.9 Å². The van der Waals surface area contributed by atoms with Gasteiger partial charge in [0.2, 0.25) is 5.78 Å². The van der Waals surface area contributed by atoms with Gasteiger partial charge in [-0.05, 0) is 60.2 Å². The Balaban J connectivity index is 1.55. The van der Waals surface area contributed by atoms with Crippen LogP contribution in [0.5, 0.6) is 11.5 Å². The van der Waals surface area contributed by atoms with Crippen LogP contribution in [0.4, 0.5) is 4.39 Å². The molecule has 162 valence electrons. The fourth-order valence-corrected chi connectivity index (χ4v) is 3.90. The Hall–Kier alpha value is -3.98. The van der Waals surface area contributed by atoms with Crippen LogP contribution in [0, 0.1) is 5.82 Å². The summed E-state index contributed by atoms with van der Waals surface area (Å²) in [6.45, 7) is 0. The molecule has 3 aromatic carbocycles. The van der Waals surface area contributed by atoms with Crippen LogP contribution in [0.1, 0.15) is 26.3 Å². The minimum atomic E-state index is -4.20. The maximum absolute atomic E-state index is 13.0. The van der Waals surface area contributed by atoms with Crippen LogP contribution in [0.3, 0.4) is 0 Å². The molecule has 0 saturated heterocycles. The van der Waals surface area contributed by atoms with E-state index in [-0.39, 0.29) is 33.5 Å². The molecule has 32 heavy (non-hydrogen) atoms. The summed E-state index contributed by atoms with van der Waals surface area (Å²) in [5.74, 6) is -1.33. The minimum Gasteiger partial charge on any atom is -0.465 e. The first-order chi connectivity index (χ1) is 15.3. The van der Waals surface area contributed by atoms with Crippen molar-refractivity contribution in [2.24, 2.45) is 0 Å². The van der Waals surface area contributed by atoms with Gasteiger partial charge >= 0.3 is 16.1 Å². The third kappa shape index (κ3) is 4.23. The Labute approximate surface area is 182 Å². The molecule has 1 aliphatic heterocycles. The molecule has 4 rings (SSSR count). The highest BCUT2D eigenvalue weighted by atomic mass is 32.2. The summed E-state index contributed by atoms with van der Waals surface area (Å²) in [6, 6.07) is 14.6. The van der Waals surface area contributed by atoms with Crippen molar-refractivity contribution in [3.63, 3.8) is 0 Å². The van der Waals surface area contributed by atoms with E-state index in [0.717, 1.165) is 24.3 Å². The Morgan fingerprint density at radius 1 is 1.00 bits per heavy atom. The van der Waals surface area contributed by atoms with Crippen molar-refractivity contribution in [3.05, 3.63) is 95.0 Å². The van der Waals surface area contributed by atoms with E-state index in [4.69, 9.17) is 8.92 Å². The van der Waals surface area contributed by atoms with Gasteiger partial charge in [-0.2, -0.15) is 8.42 Å². The number of allylic oxidation sites excluding steroid dienone is 1. The van der Waals surface area contributed by atoms with Crippen LogP contribution >= 0.6 is 0 Å². The molecule has 7 nitrogen and oxygen atoms in total. The lowest BCUT2D eigenvalue weighted by atomic mass is 10.1. The third-order valence-electron chi connectivity index (χ3n) is 4.58. The number of esters is 1. The van der Waals surface area contributed by atoms with Crippen molar-refractivity contribution < 1.29 is 36.1 Å². The largest absolute Gasteiger partial charge is 0.465 e. The summed E-state index contributed by atoms with van der Waals surface area (Å²) in [7, 11) is -2.91. The highest BCUT2D eigenvalue weighted by molar-refractivity contribution is 7.87. The molecule has 0 atom stereocenters. The number of carbonyl (C=O) groups is 2. The number of fused-ring (bicyclic) bond motifs is 1. The van der Waals surface area contributed by atoms with Crippen molar-refractivity contribution in [2.45, 2.75) is 4.90 Å². The molecule has 1 aliphatic rings. The van der Waals surface area contributed by atoms with Gasteiger partial charge in [0.25, 0.3) is 0 Å². The first-order valence-electron chi connectivity index (χ1n) is 9.23. The molecule has 0 spiro atoms. The maximum atomic E-state index is 13.0. The van der Waals surface area contributed by atoms with E-state index in [2.05, 4.69) is 4.74 Å². The predicted octanol–water partition coefficient (Wildman–Crippen LogP) is 4.00. The molecule has 0 saturated carbocycles. The minimum absolute atomic E-state index is 0.0318. The Bertz CT molecular complexity index is 1340. The van der Waals surface area contributed by atoms with Gasteiger partial charge in [-0.3, -0.25) is 4.79 Å². The van der Waals surface area contributed by atoms with Crippen LogP contribution in [0.15, 0.2) is 77.4 Å². The van der Waals surface area contributed by atoms with Crippen molar-refractivity contribution >= 4 is 27.9 Å². The summed E-state index contributed by atoms with van der Waals surface area (Å²) >= 11 is 0. The molecule has 1 heterocycles. The fraction of sp³-hybridized carbons (Fsp3) is 0.0435. The first kappa shape index (κ1) is 21.3. The van der Waals surface area contributed by atoms with Gasteiger partial charge in [0.05, 0.1) is 18.2 Å². The quantitative estimate of drug-likeness (QED) is 0.327. The molecule has 0 unspecified atom stereocenters. The molecule has 0 fully saturated rings. The van der Waals surface area contributed by atoms with Crippen molar-refractivity contribution in [3.8, 4) is 11.5 Å². The van der Waals surface area contributed by atoms with Gasteiger partial charge in [-0.25, -0.2) is 9.18 Å². The fourth-order valence-electron chi connectivity index (χ4n) is 2.98. The second-order valence-corrected chi connectivity index (χ2v) is 8.25. The zero-order valence-electron chi connectivity index (χ0n) is 16.6. The molecule has 0 bridgehead atoms. The lowest BCUT2D eigenvalue weighted by molar-refractivity contribution is 0.0600. The zero-order chi connectivity index (χ0) is 22.9. The second kappa shape index (κ2) is 8.27.